The molecule has 0 spiro atoms. The fourth-order valence-electron chi connectivity index (χ4n) is 2.11. The van der Waals surface area contributed by atoms with Crippen LogP contribution in [0.1, 0.15) is 28.3 Å². The number of aromatic hydroxyl groups is 2. The van der Waals surface area contributed by atoms with Gasteiger partial charge in [-0.25, -0.2) is 4.79 Å². The van der Waals surface area contributed by atoms with Crippen molar-refractivity contribution in [1.29, 1.82) is 0 Å². The molecule has 1 saturated heterocycles. The number of benzene rings is 1. The molecular weight excluding hydrogens is 222 g/mol. The van der Waals surface area contributed by atoms with E-state index in [1.165, 1.54) is 19.2 Å². The van der Waals surface area contributed by atoms with Crippen LogP contribution in [0.25, 0.3) is 0 Å². The molecule has 1 unspecified atom stereocenters. The number of ether oxygens (including phenoxy) is 1. The molecule has 0 aromatic heterocycles. The number of rotatable bonds is 2. The van der Waals surface area contributed by atoms with E-state index in [1.807, 2.05) is 0 Å². The summed E-state index contributed by atoms with van der Waals surface area (Å²) in [6.45, 7) is 1.65. The Balaban J connectivity index is 2.41. The van der Waals surface area contributed by atoms with E-state index in [0.717, 1.165) is 19.5 Å². The number of nitrogens with one attached hydrogen (secondary N) is 1. The second-order valence-corrected chi connectivity index (χ2v) is 4.11. The molecule has 1 aromatic rings. The maximum absolute atomic E-state index is 11.4. The van der Waals surface area contributed by atoms with Crippen molar-refractivity contribution in [3.8, 4) is 11.5 Å². The van der Waals surface area contributed by atoms with Crippen LogP contribution >= 0.6 is 0 Å². The molecular formula is C12H15NO4. The van der Waals surface area contributed by atoms with Crippen LogP contribution in [0.5, 0.6) is 11.5 Å². The molecule has 17 heavy (non-hydrogen) atoms. The van der Waals surface area contributed by atoms with E-state index in [4.69, 9.17) is 0 Å². The van der Waals surface area contributed by atoms with Crippen LogP contribution in [0.15, 0.2) is 12.1 Å². The largest absolute Gasteiger partial charge is 0.508 e. The van der Waals surface area contributed by atoms with Crippen LogP contribution in [0.4, 0.5) is 0 Å². The normalized spacial score (nSPS) is 19.2. The van der Waals surface area contributed by atoms with Crippen molar-refractivity contribution in [3.63, 3.8) is 0 Å². The van der Waals surface area contributed by atoms with Crippen molar-refractivity contribution in [3.05, 3.63) is 23.3 Å². The second-order valence-electron chi connectivity index (χ2n) is 4.11. The first kappa shape index (κ1) is 11.7. The topological polar surface area (TPSA) is 78.8 Å². The Bertz CT molecular complexity index is 438. The average Bonchev–Trinajstić information content (AvgIpc) is 2.81. The van der Waals surface area contributed by atoms with Gasteiger partial charge >= 0.3 is 5.97 Å². The zero-order valence-corrected chi connectivity index (χ0v) is 9.56. The zero-order chi connectivity index (χ0) is 12.4. The lowest BCUT2D eigenvalue weighted by molar-refractivity contribution is 0.0597. The summed E-state index contributed by atoms with van der Waals surface area (Å²) in [7, 11) is 1.26. The van der Waals surface area contributed by atoms with Gasteiger partial charge in [-0.15, -0.1) is 0 Å². The zero-order valence-electron chi connectivity index (χ0n) is 9.56. The predicted octanol–water partition coefficient (Wildman–Crippen LogP) is 0.961. The van der Waals surface area contributed by atoms with E-state index in [1.54, 1.807) is 0 Å². The Labute approximate surface area is 99.0 Å². The fourth-order valence-corrected chi connectivity index (χ4v) is 2.11. The summed E-state index contributed by atoms with van der Waals surface area (Å²) in [6.07, 6.45) is 0.902. The third kappa shape index (κ3) is 2.19. The monoisotopic (exact) mass is 237 g/mol. The SMILES string of the molecule is COC(=O)c1cc(C2CCNC2)c(O)cc1O. The van der Waals surface area contributed by atoms with Gasteiger partial charge in [-0.1, -0.05) is 0 Å². The van der Waals surface area contributed by atoms with Gasteiger partial charge in [0.25, 0.3) is 0 Å². The Morgan fingerprint density at radius 2 is 2.18 bits per heavy atom. The van der Waals surface area contributed by atoms with Gasteiger partial charge in [0.2, 0.25) is 0 Å². The summed E-state index contributed by atoms with van der Waals surface area (Å²) >= 11 is 0. The van der Waals surface area contributed by atoms with Crippen LogP contribution < -0.4 is 5.32 Å². The van der Waals surface area contributed by atoms with Gasteiger partial charge in [0.05, 0.1) is 7.11 Å². The summed E-state index contributed by atoms with van der Waals surface area (Å²) in [5.74, 6) is -0.679. The maximum atomic E-state index is 11.4. The number of phenolic OH excluding ortho intramolecular Hbond substituents is 2. The number of esters is 1. The lowest BCUT2D eigenvalue weighted by Crippen LogP contribution is -2.09. The molecule has 1 aliphatic heterocycles. The van der Waals surface area contributed by atoms with Crippen molar-refractivity contribution < 1.29 is 19.7 Å². The lowest BCUT2D eigenvalue weighted by Gasteiger charge is -2.13. The molecule has 5 heteroatoms. The molecule has 1 aromatic carbocycles. The van der Waals surface area contributed by atoms with E-state index in [0.29, 0.717) is 5.56 Å². The van der Waals surface area contributed by atoms with Crippen molar-refractivity contribution in [1.82, 2.24) is 5.32 Å². The van der Waals surface area contributed by atoms with Crippen LogP contribution in [0.2, 0.25) is 0 Å². The molecule has 0 radical (unpaired) electrons. The van der Waals surface area contributed by atoms with Gasteiger partial charge in [0.15, 0.2) is 0 Å². The van der Waals surface area contributed by atoms with Crippen LogP contribution in [0, 0.1) is 0 Å². The molecule has 92 valence electrons. The fraction of sp³-hybridized carbons (Fsp3) is 0.417. The number of methoxy groups -OCH3 is 1. The molecule has 1 aliphatic rings. The van der Waals surface area contributed by atoms with E-state index in [-0.39, 0.29) is 23.0 Å². The number of phenols is 2. The minimum atomic E-state index is -0.602. The van der Waals surface area contributed by atoms with E-state index in [9.17, 15) is 15.0 Å². The van der Waals surface area contributed by atoms with Gasteiger partial charge in [-0.05, 0) is 24.6 Å². The summed E-state index contributed by atoms with van der Waals surface area (Å²) in [4.78, 5) is 11.4. The third-order valence-corrected chi connectivity index (χ3v) is 3.05. The summed E-state index contributed by atoms with van der Waals surface area (Å²) in [5, 5.41) is 22.6. The van der Waals surface area contributed by atoms with E-state index < -0.39 is 5.97 Å². The number of hydrogen-bond acceptors (Lipinski definition) is 5. The van der Waals surface area contributed by atoms with Crippen molar-refractivity contribution in [2.75, 3.05) is 20.2 Å². The highest BCUT2D eigenvalue weighted by atomic mass is 16.5. The standard InChI is InChI=1S/C12H15NO4/c1-17-12(16)9-4-8(7-2-3-13-6-7)10(14)5-11(9)15/h4-5,7,13-15H,2-3,6H2,1H3. The molecule has 1 atom stereocenters. The molecule has 1 heterocycles. The molecule has 0 aliphatic carbocycles. The molecule has 2 rings (SSSR count). The Morgan fingerprint density at radius 3 is 2.76 bits per heavy atom. The highest BCUT2D eigenvalue weighted by Crippen LogP contribution is 2.35. The average molecular weight is 237 g/mol. The minimum Gasteiger partial charge on any atom is -0.508 e. The first-order chi connectivity index (χ1) is 8.13. The Morgan fingerprint density at radius 1 is 1.41 bits per heavy atom. The number of carbonyl (C=O) groups is 1. The smallest absolute Gasteiger partial charge is 0.341 e. The highest BCUT2D eigenvalue weighted by molar-refractivity contribution is 5.93. The Kier molecular flexibility index (Phi) is 3.19. The van der Waals surface area contributed by atoms with Crippen molar-refractivity contribution in [2.24, 2.45) is 0 Å². The van der Waals surface area contributed by atoms with Gasteiger partial charge < -0.3 is 20.3 Å². The minimum absolute atomic E-state index is 0.0175. The molecule has 1 fully saturated rings. The number of carbonyl (C=O) groups excluding carboxylic acids is 1. The van der Waals surface area contributed by atoms with Crippen LogP contribution in [-0.4, -0.2) is 36.4 Å². The molecule has 0 saturated carbocycles. The van der Waals surface area contributed by atoms with Gasteiger partial charge in [0.1, 0.15) is 17.1 Å². The quantitative estimate of drug-likeness (QED) is 0.668. The first-order valence-electron chi connectivity index (χ1n) is 5.48. The molecule has 3 N–H and O–H groups in total. The second kappa shape index (κ2) is 4.63. The van der Waals surface area contributed by atoms with Crippen molar-refractivity contribution in [2.45, 2.75) is 12.3 Å². The Hall–Kier alpha value is -1.75. The van der Waals surface area contributed by atoms with Crippen LogP contribution in [-0.2, 0) is 4.74 Å². The highest BCUT2D eigenvalue weighted by Gasteiger charge is 2.23. The summed E-state index contributed by atoms with van der Waals surface area (Å²) in [6, 6.07) is 2.70. The van der Waals surface area contributed by atoms with E-state index >= 15 is 0 Å². The van der Waals surface area contributed by atoms with Gasteiger partial charge in [0, 0.05) is 18.5 Å². The molecule has 5 nitrogen and oxygen atoms in total. The van der Waals surface area contributed by atoms with E-state index in [2.05, 4.69) is 10.1 Å². The predicted molar refractivity (Wildman–Crippen MR) is 61.3 cm³/mol. The molecule has 0 bridgehead atoms. The first-order valence-corrected chi connectivity index (χ1v) is 5.48. The maximum Gasteiger partial charge on any atom is 0.341 e. The summed E-state index contributed by atoms with van der Waals surface area (Å²) < 4.78 is 4.58. The number of hydrogen-bond donors (Lipinski definition) is 3. The third-order valence-electron chi connectivity index (χ3n) is 3.05. The van der Waals surface area contributed by atoms with Gasteiger partial charge in [-0.2, -0.15) is 0 Å². The van der Waals surface area contributed by atoms with Crippen molar-refractivity contribution >= 4 is 5.97 Å². The summed E-state index contributed by atoms with van der Waals surface area (Å²) in [5.41, 5.74) is 0.764. The van der Waals surface area contributed by atoms with Crippen LogP contribution in [0.3, 0.4) is 0 Å². The molecule has 0 amide bonds. The van der Waals surface area contributed by atoms with Gasteiger partial charge in [-0.3, -0.25) is 0 Å². The lowest BCUT2D eigenvalue weighted by atomic mass is 9.95.